The molecule has 3 aliphatic rings. The first-order chi connectivity index (χ1) is 12.2. The van der Waals surface area contributed by atoms with Gasteiger partial charge >= 0.3 is 6.03 Å². The van der Waals surface area contributed by atoms with Gasteiger partial charge in [0.15, 0.2) is 0 Å². The fourth-order valence-corrected chi connectivity index (χ4v) is 4.88. The van der Waals surface area contributed by atoms with Crippen LogP contribution in [-0.2, 0) is 4.74 Å². The van der Waals surface area contributed by atoms with E-state index in [1.807, 2.05) is 0 Å². The van der Waals surface area contributed by atoms with Gasteiger partial charge in [-0.05, 0) is 57.2 Å². The fourth-order valence-electron chi connectivity index (χ4n) is 4.88. The van der Waals surface area contributed by atoms with Gasteiger partial charge in [0.2, 0.25) is 0 Å². The van der Waals surface area contributed by atoms with Gasteiger partial charge in [0.25, 0.3) is 0 Å². The van der Waals surface area contributed by atoms with Crippen LogP contribution in [-0.4, -0.2) is 49.3 Å². The normalized spacial score (nSPS) is 34.8. The third-order valence-electron chi connectivity index (χ3n) is 6.10. The number of amides is 2. The van der Waals surface area contributed by atoms with E-state index >= 15 is 0 Å². The second-order valence-corrected chi connectivity index (χ2v) is 7.81. The molecule has 25 heavy (non-hydrogen) atoms. The summed E-state index contributed by atoms with van der Waals surface area (Å²) in [5.74, 6) is 0.447. The molecule has 2 bridgehead atoms. The van der Waals surface area contributed by atoms with Crippen molar-refractivity contribution >= 4 is 6.03 Å². The number of hydrogen-bond acceptors (Lipinski definition) is 3. The summed E-state index contributed by atoms with van der Waals surface area (Å²) in [4.78, 5) is 14.8. The molecule has 0 saturated carbocycles. The molecule has 0 unspecified atom stereocenters. The van der Waals surface area contributed by atoms with E-state index in [2.05, 4.69) is 52.9 Å². The summed E-state index contributed by atoms with van der Waals surface area (Å²) in [6, 6.07) is 11.2. The molecular weight excluding hydrogens is 314 g/mol. The van der Waals surface area contributed by atoms with E-state index in [0.29, 0.717) is 18.1 Å². The topological polar surface area (TPSA) is 53.6 Å². The predicted octanol–water partition coefficient (Wildman–Crippen LogP) is 2.69. The maximum atomic E-state index is 12.4. The van der Waals surface area contributed by atoms with Crippen LogP contribution in [0.5, 0.6) is 0 Å². The zero-order valence-corrected chi connectivity index (χ0v) is 15.0. The van der Waals surface area contributed by atoms with Crippen molar-refractivity contribution in [2.24, 2.45) is 5.92 Å². The minimum atomic E-state index is -0.0406. The quantitative estimate of drug-likeness (QED) is 0.884. The maximum absolute atomic E-state index is 12.4. The number of fused-ring (bicyclic) bond motifs is 2. The average Bonchev–Trinajstić information content (AvgIpc) is 3.24. The number of likely N-dealkylation sites (tertiary alicyclic amines) is 1. The molecule has 1 aromatic carbocycles. The lowest BCUT2D eigenvalue weighted by atomic mass is 9.85. The Morgan fingerprint density at radius 3 is 2.80 bits per heavy atom. The van der Waals surface area contributed by atoms with Crippen LogP contribution in [0, 0.1) is 5.92 Å². The van der Waals surface area contributed by atoms with Gasteiger partial charge < -0.3 is 15.4 Å². The van der Waals surface area contributed by atoms with Gasteiger partial charge in [-0.25, -0.2) is 4.79 Å². The Balaban J connectivity index is 1.33. The Bertz CT molecular complexity index is 594. The molecule has 0 spiro atoms. The van der Waals surface area contributed by atoms with Crippen molar-refractivity contribution in [1.29, 1.82) is 0 Å². The van der Waals surface area contributed by atoms with E-state index < -0.39 is 0 Å². The van der Waals surface area contributed by atoms with Crippen LogP contribution < -0.4 is 10.6 Å². The number of nitrogens with one attached hydrogen (secondary N) is 2. The van der Waals surface area contributed by atoms with Crippen LogP contribution in [0.2, 0.25) is 0 Å². The van der Waals surface area contributed by atoms with E-state index in [4.69, 9.17) is 4.74 Å². The number of carbonyl (C=O) groups excluding carboxylic acids is 1. The molecule has 0 radical (unpaired) electrons. The zero-order chi connectivity index (χ0) is 17.2. The van der Waals surface area contributed by atoms with Crippen molar-refractivity contribution in [2.45, 2.75) is 56.4 Å². The monoisotopic (exact) mass is 343 g/mol. The lowest BCUT2D eigenvalue weighted by molar-refractivity contribution is 0.0977. The fraction of sp³-hybridized carbons (Fsp3) is 0.650. The van der Waals surface area contributed by atoms with Crippen molar-refractivity contribution in [2.75, 3.05) is 20.1 Å². The molecule has 0 aromatic heterocycles. The minimum Gasteiger partial charge on any atom is -0.373 e. The summed E-state index contributed by atoms with van der Waals surface area (Å²) in [5.41, 5.74) is 1.35. The first-order valence-electron chi connectivity index (χ1n) is 9.65. The molecule has 5 heteroatoms. The average molecular weight is 343 g/mol. The Hall–Kier alpha value is -1.59. The lowest BCUT2D eigenvalue weighted by Gasteiger charge is -2.39. The first kappa shape index (κ1) is 16.9. The highest BCUT2D eigenvalue weighted by molar-refractivity contribution is 5.74. The van der Waals surface area contributed by atoms with Crippen LogP contribution in [0.4, 0.5) is 4.79 Å². The molecule has 1 aromatic rings. The molecule has 5 atom stereocenters. The predicted molar refractivity (Wildman–Crippen MR) is 97.4 cm³/mol. The van der Waals surface area contributed by atoms with Crippen LogP contribution >= 0.6 is 0 Å². The molecule has 3 aliphatic heterocycles. The minimum absolute atomic E-state index is 0.0406. The third kappa shape index (κ3) is 3.67. The molecule has 2 amide bonds. The SMILES string of the molecule is CN1CCC[C@H](CNC(=O)N[C@@H]2C[C@H]3CC[C@H]2O3)[C@@H]1c1ccccc1. The summed E-state index contributed by atoms with van der Waals surface area (Å²) < 4.78 is 5.82. The number of urea groups is 1. The first-order valence-corrected chi connectivity index (χ1v) is 9.65. The van der Waals surface area contributed by atoms with Gasteiger partial charge in [-0.1, -0.05) is 30.3 Å². The Morgan fingerprint density at radius 1 is 1.24 bits per heavy atom. The van der Waals surface area contributed by atoms with Gasteiger partial charge in [-0.3, -0.25) is 4.90 Å². The van der Waals surface area contributed by atoms with Crippen molar-refractivity contribution in [3.63, 3.8) is 0 Å². The summed E-state index contributed by atoms with van der Waals surface area (Å²) in [5, 5.41) is 6.25. The summed E-state index contributed by atoms with van der Waals surface area (Å²) in [6.45, 7) is 1.84. The summed E-state index contributed by atoms with van der Waals surface area (Å²) in [7, 11) is 2.19. The summed E-state index contributed by atoms with van der Waals surface area (Å²) >= 11 is 0. The lowest BCUT2D eigenvalue weighted by Crippen LogP contribution is -2.49. The van der Waals surface area contributed by atoms with Crippen LogP contribution in [0.25, 0.3) is 0 Å². The molecule has 3 saturated heterocycles. The van der Waals surface area contributed by atoms with E-state index in [1.165, 1.54) is 12.0 Å². The Morgan fingerprint density at radius 2 is 2.08 bits per heavy atom. The molecule has 2 N–H and O–H groups in total. The molecular formula is C20H29N3O2. The van der Waals surface area contributed by atoms with Gasteiger partial charge in [0, 0.05) is 12.6 Å². The molecule has 136 valence electrons. The highest BCUT2D eigenvalue weighted by Crippen LogP contribution is 2.35. The Labute approximate surface area is 150 Å². The second kappa shape index (κ2) is 7.34. The molecule has 3 fully saturated rings. The highest BCUT2D eigenvalue weighted by atomic mass is 16.5. The molecule has 5 nitrogen and oxygen atoms in total. The zero-order valence-electron chi connectivity index (χ0n) is 15.0. The number of carbonyl (C=O) groups is 1. The largest absolute Gasteiger partial charge is 0.373 e. The van der Waals surface area contributed by atoms with Crippen LogP contribution in [0.15, 0.2) is 30.3 Å². The van der Waals surface area contributed by atoms with Crippen LogP contribution in [0.1, 0.15) is 43.7 Å². The summed E-state index contributed by atoms with van der Waals surface area (Å²) in [6.07, 6.45) is 6.14. The van der Waals surface area contributed by atoms with Crippen molar-refractivity contribution < 1.29 is 9.53 Å². The number of ether oxygens (including phenoxy) is 1. The number of rotatable bonds is 4. The Kier molecular flexibility index (Phi) is 4.95. The van der Waals surface area contributed by atoms with Crippen molar-refractivity contribution in [3.8, 4) is 0 Å². The van der Waals surface area contributed by atoms with E-state index in [-0.39, 0.29) is 18.2 Å². The maximum Gasteiger partial charge on any atom is 0.315 e. The van der Waals surface area contributed by atoms with E-state index in [0.717, 1.165) is 38.8 Å². The third-order valence-corrected chi connectivity index (χ3v) is 6.10. The van der Waals surface area contributed by atoms with Gasteiger partial charge in [-0.2, -0.15) is 0 Å². The van der Waals surface area contributed by atoms with E-state index in [9.17, 15) is 4.79 Å². The van der Waals surface area contributed by atoms with E-state index in [1.54, 1.807) is 0 Å². The van der Waals surface area contributed by atoms with Crippen molar-refractivity contribution in [3.05, 3.63) is 35.9 Å². The smallest absolute Gasteiger partial charge is 0.315 e. The van der Waals surface area contributed by atoms with Gasteiger partial charge in [0.1, 0.15) is 0 Å². The number of piperidine rings is 1. The highest BCUT2D eigenvalue weighted by Gasteiger charge is 2.41. The van der Waals surface area contributed by atoms with Gasteiger partial charge in [0.05, 0.1) is 18.2 Å². The molecule has 3 heterocycles. The number of hydrogen-bond donors (Lipinski definition) is 2. The van der Waals surface area contributed by atoms with Crippen LogP contribution in [0.3, 0.4) is 0 Å². The number of nitrogens with zero attached hydrogens (tertiary/aromatic N) is 1. The van der Waals surface area contributed by atoms with Gasteiger partial charge in [-0.15, -0.1) is 0 Å². The van der Waals surface area contributed by atoms with Crippen molar-refractivity contribution in [1.82, 2.24) is 15.5 Å². The second-order valence-electron chi connectivity index (χ2n) is 7.81. The number of benzene rings is 1. The standard InChI is InChI=1S/C20H29N3O2/c1-23-11-5-8-15(19(23)14-6-3-2-4-7-14)13-21-20(24)22-17-12-16-9-10-18(17)25-16/h2-4,6-7,15-19H,5,8-13H2,1H3,(H2,21,22,24)/t15-,16-,17-,18-,19+/m1/s1. The molecule has 4 rings (SSSR count). The molecule has 0 aliphatic carbocycles.